The lowest BCUT2D eigenvalue weighted by Gasteiger charge is -2.25. The lowest BCUT2D eigenvalue weighted by Crippen LogP contribution is -2.16. The molecule has 0 saturated carbocycles. The molecule has 0 unspecified atom stereocenters. The largest absolute Gasteiger partial charge is 0.454 e. The van der Waals surface area contributed by atoms with Gasteiger partial charge in [0.1, 0.15) is 21.3 Å². The molecule has 0 bridgehead atoms. The molecule has 0 amide bonds. The van der Waals surface area contributed by atoms with E-state index >= 15 is 0 Å². The summed E-state index contributed by atoms with van der Waals surface area (Å²) in [6.07, 6.45) is 0.124. The van der Waals surface area contributed by atoms with Crippen molar-refractivity contribution in [1.29, 1.82) is 0 Å². The Morgan fingerprint density at radius 2 is 1.50 bits per heavy atom. The molecule has 3 rings (SSSR count). The average molecular weight is 345 g/mol. The number of hydrogen-bond acceptors (Lipinski definition) is 5. The number of ether oxygens (including phenoxy) is 1. The molecule has 2 aromatic rings. The summed E-state index contributed by atoms with van der Waals surface area (Å²) in [5.74, 6) is 0.448. The molecule has 0 fully saturated rings. The first-order valence-electron chi connectivity index (χ1n) is 7.63. The molecule has 0 aliphatic carbocycles. The van der Waals surface area contributed by atoms with Crippen molar-refractivity contribution in [2.75, 3.05) is 0 Å². The molecule has 6 heteroatoms. The smallest absolute Gasteiger partial charge is 0.213 e. The van der Waals surface area contributed by atoms with Crippen LogP contribution < -0.4 is 10.5 Å². The molecule has 2 aromatic carbocycles. The SMILES string of the molecule is CC(=O)Cc1cc(C)cc2c1Oc1c(CN)cc(C)cc1S2(=O)=O. The number of Topliss-reactive ketones (excluding diaryl/α,β-unsaturated/α-hetero) is 1. The van der Waals surface area contributed by atoms with E-state index in [0.29, 0.717) is 11.1 Å². The minimum atomic E-state index is -3.73. The monoisotopic (exact) mass is 345 g/mol. The van der Waals surface area contributed by atoms with Gasteiger partial charge in [0.15, 0.2) is 5.75 Å². The van der Waals surface area contributed by atoms with Crippen molar-refractivity contribution in [3.63, 3.8) is 0 Å². The van der Waals surface area contributed by atoms with E-state index in [9.17, 15) is 13.2 Å². The molecule has 0 saturated heterocycles. The van der Waals surface area contributed by atoms with Gasteiger partial charge in [0.25, 0.3) is 0 Å². The van der Waals surface area contributed by atoms with Crippen LogP contribution in [-0.4, -0.2) is 14.2 Å². The maximum atomic E-state index is 13.1. The van der Waals surface area contributed by atoms with Crippen LogP contribution in [0.1, 0.15) is 29.2 Å². The maximum absolute atomic E-state index is 13.1. The number of carbonyl (C=O) groups excluding carboxylic acids is 1. The van der Waals surface area contributed by atoms with Gasteiger partial charge in [-0.3, -0.25) is 4.79 Å². The number of ketones is 1. The first-order valence-corrected chi connectivity index (χ1v) is 9.12. The van der Waals surface area contributed by atoms with Gasteiger partial charge in [0, 0.05) is 24.1 Å². The van der Waals surface area contributed by atoms with Gasteiger partial charge in [-0.25, -0.2) is 8.42 Å². The number of nitrogens with two attached hydrogens (primary N) is 1. The molecule has 5 nitrogen and oxygen atoms in total. The summed E-state index contributed by atoms with van der Waals surface area (Å²) in [6.45, 7) is 5.26. The number of rotatable bonds is 3. The van der Waals surface area contributed by atoms with Gasteiger partial charge in [-0.1, -0.05) is 12.1 Å². The van der Waals surface area contributed by atoms with Crippen LogP contribution in [0.4, 0.5) is 0 Å². The van der Waals surface area contributed by atoms with E-state index in [4.69, 9.17) is 10.5 Å². The highest BCUT2D eigenvalue weighted by Crippen LogP contribution is 2.46. The maximum Gasteiger partial charge on any atom is 0.213 e. The van der Waals surface area contributed by atoms with Crippen LogP contribution >= 0.6 is 0 Å². The number of aryl methyl sites for hydroxylation is 2. The minimum Gasteiger partial charge on any atom is -0.454 e. The summed E-state index contributed by atoms with van der Waals surface area (Å²) in [5, 5.41) is 0. The topological polar surface area (TPSA) is 86.5 Å². The molecular formula is C18H19NO4S. The Balaban J connectivity index is 2.33. The molecule has 1 aliphatic heterocycles. The summed E-state index contributed by atoms with van der Waals surface area (Å²) in [4.78, 5) is 11.8. The predicted octanol–water partition coefficient (Wildman–Crippen LogP) is 2.83. The van der Waals surface area contributed by atoms with Crippen LogP contribution in [0.25, 0.3) is 0 Å². The number of sulfone groups is 1. The second-order valence-electron chi connectivity index (χ2n) is 6.19. The molecular weight excluding hydrogens is 326 g/mol. The Hall–Kier alpha value is -2.18. The Morgan fingerprint density at radius 3 is 2.00 bits per heavy atom. The second-order valence-corrected chi connectivity index (χ2v) is 8.08. The van der Waals surface area contributed by atoms with Gasteiger partial charge in [-0.2, -0.15) is 0 Å². The fourth-order valence-electron chi connectivity index (χ4n) is 3.03. The van der Waals surface area contributed by atoms with Gasteiger partial charge in [0.2, 0.25) is 9.84 Å². The molecule has 126 valence electrons. The number of hydrogen-bond donors (Lipinski definition) is 1. The Bertz CT molecular complexity index is 961. The highest BCUT2D eigenvalue weighted by atomic mass is 32.2. The third-order valence-electron chi connectivity index (χ3n) is 3.99. The Kier molecular flexibility index (Phi) is 3.97. The minimum absolute atomic E-state index is 0.0578. The fourth-order valence-corrected chi connectivity index (χ4v) is 4.78. The van der Waals surface area contributed by atoms with Gasteiger partial charge in [0.05, 0.1) is 0 Å². The Morgan fingerprint density at radius 1 is 1.00 bits per heavy atom. The zero-order chi connectivity index (χ0) is 17.6. The van der Waals surface area contributed by atoms with E-state index in [2.05, 4.69) is 0 Å². The van der Waals surface area contributed by atoms with Crippen molar-refractivity contribution in [2.45, 2.75) is 43.5 Å². The quantitative estimate of drug-likeness (QED) is 0.789. The van der Waals surface area contributed by atoms with Crippen LogP contribution in [0.15, 0.2) is 34.1 Å². The first-order chi connectivity index (χ1) is 11.2. The standard InChI is InChI=1S/C18H19NO4S/c1-10-4-13(8-12(3)20)17-15(6-10)24(21,22)16-7-11(2)5-14(9-19)18(16)23-17/h4-7H,8-9,19H2,1-3H3. The number of carbonyl (C=O) groups is 1. The molecule has 0 aromatic heterocycles. The molecule has 1 heterocycles. The Labute approximate surface area is 141 Å². The zero-order valence-corrected chi connectivity index (χ0v) is 14.7. The molecule has 1 aliphatic rings. The normalized spacial score (nSPS) is 14.5. The summed E-state index contributed by atoms with van der Waals surface area (Å²) < 4.78 is 32.2. The van der Waals surface area contributed by atoms with E-state index < -0.39 is 9.84 Å². The molecule has 0 atom stereocenters. The van der Waals surface area contributed by atoms with E-state index in [-0.39, 0.29) is 40.0 Å². The van der Waals surface area contributed by atoms with Gasteiger partial charge < -0.3 is 10.5 Å². The number of fused-ring (bicyclic) bond motifs is 2. The van der Waals surface area contributed by atoms with Crippen LogP contribution in [0.2, 0.25) is 0 Å². The highest BCUT2D eigenvalue weighted by Gasteiger charge is 2.35. The van der Waals surface area contributed by atoms with Gasteiger partial charge in [-0.05, 0) is 44.0 Å². The zero-order valence-electron chi connectivity index (χ0n) is 13.8. The molecule has 0 radical (unpaired) electrons. The van der Waals surface area contributed by atoms with Gasteiger partial charge in [-0.15, -0.1) is 0 Å². The summed E-state index contributed by atoms with van der Waals surface area (Å²) in [7, 11) is -3.73. The second kappa shape index (κ2) is 5.72. The summed E-state index contributed by atoms with van der Waals surface area (Å²) in [5.41, 5.74) is 8.55. The van der Waals surface area contributed by atoms with Crippen molar-refractivity contribution >= 4 is 15.6 Å². The molecule has 0 spiro atoms. The first kappa shape index (κ1) is 16.7. The molecule has 2 N–H and O–H groups in total. The molecule has 24 heavy (non-hydrogen) atoms. The van der Waals surface area contributed by atoms with E-state index in [0.717, 1.165) is 11.1 Å². The summed E-state index contributed by atoms with van der Waals surface area (Å²) in [6, 6.07) is 6.79. The van der Waals surface area contributed by atoms with Crippen LogP contribution in [0, 0.1) is 13.8 Å². The van der Waals surface area contributed by atoms with Crippen LogP contribution in [0.5, 0.6) is 11.5 Å². The van der Waals surface area contributed by atoms with E-state index in [1.807, 2.05) is 13.0 Å². The van der Waals surface area contributed by atoms with Crippen molar-refractivity contribution in [1.82, 2.24) is 0 Å². The van der Waals surface area contributed by atoms with Crippen molar-refractivity contribution < 1.29 is 17.9 Å². The highest BCUT2D eigenvalue weighted by molar-refractivity contribution is 7.91. The van der Waals surface area contributed by atoms with E-state index in [1.54, 1.807) is 25.1 Å². The third-order valence-corrected chi connectivity index (χ3v) is 5.76. The van der Waals surface area contributed by atoms with Crippen molar-refractivity contribution in [3.05, 3.63) is 46.5 Å². The fraction of sp³-hybridized carbons (Fsp3) is 0.278. The van der Waals surface area contributed by atoms with Crippen molar-refractivity contribution in [2.24, 2.45) is 5.73 Å². The average Bonchev–Trinajstić information content (AvgIpc) is 2.48. The lowest BCUT2D eigenvalue weighted by atomic mass is 10.0. The van der Waals surface area contributed by atoms with Crippen LogP contribution in [-0.2, 0) is 27.6 Å². The predicted molar refractivity (Wildman–Crippen MR) is 90.2 cm³/mol. The third kappa shape index (κ3) is 2.61. The van der Waals surface area contributed by atoms with Gasteiger partial charge >= 0.3 is 0 Å². The van der Waals surface area contributed by atoms with E-state index in [1.165, 1.54) is 6.92 Å². The van der Waals surface area contributed by atoms with Crippen LogP contribution in [0.3, 0.4) is 0 Å². The van der Waals surface area contributed by atoms with Crippen molar-refractivity contribution in [3.8, 4) is 11.5 Å². The summed E-state index contributed by atoms with van der Waals surface area (Å²) >= 11 is 0. The number of benzene rings is 2. The lowest BCUT2D eigenvalue weighted by molar-refractivity contribution is -0.116.